The summed E-state index contributed by atoms with van der Waals surface area (Å²) < 4.78 is 44.7. The molecule has 0 N–H and O–H groups in total. The molecule has 0 aromatic heterocycles. The van der Waals surface area contributed by atoms with Gasteiger partial charge in [-0.15, -0.1) is 0 Å². The van der Waals surface area contributed by atoms with E-state index >= 15 is 0 Å². The van der Waals surface area contributed by atoms with Crippen molar-refractivity contribution >= 4 is 5.97 Å². The van der Waals surface area contributed by atoms with E-state index in [2.05, 4.69) is 4.74 Å². The molecule has 7 heteroatoms. The van der Waals surface area contributed by atoms with Crippen molar-refractivity contribution < 1.29 is 32.5 Å². The summed E-state index contributed by atoms with van der Waals surface area (Å²) in [6.07, 6.45) is 0.763. The number of alkyl halides is 2. The molecule has 0 spiro atoms. The second-order valence-corrected chi connectivity index (χ2v) is 5.36. The molecule has 3 rings (SSSR count). The molecule has 0 aliphatic carbocycles. The molecule has 1 aliphatic heterocycles. The van der Waals surface area contributed by atoms with Gasteiger partial charge in [0, 0.05) is 6.42 Å². The van der Waals surface area contributed by atoms with Crippen LogP contribution in [-0.4, -0.2) is 26.3 Å². The molecule has 0 radical (unpaired) electrons. The number of methoxy groups -OCH3 is 1. The van der Waals surface area contributed by atoms with E-state index in [4.69, 9.17) is 14.2 Å². The van der Waals surface area contributed by atoms with Crippen molar-refractivity contribution in [2.24, 2.45) is 0 Å². The molecule has 0 saturated carbocycles. The van der Waals surface area contributed by atoms with Crippen LogP contribution in [0.5, 0.6) is 17.2 Å². The average Bonchev–Trinajstić information content (AvgIpc) is 3.07. The van der Waals surface area contributed by atoms with Crippen LogP contribution >= 0.6 is 0 Å². The molecular weight excluding hydrogens is 334 g/mol. The van der Waals surface area contributed by atoms with Gasteiger partial charge in [0.25, 0.3) is 0 Å². The lowest BCUT2D eigenvalue weighted by Crippen LogP contribution is -2.07. The molecule has 1 aliphatic rings. The van der Waals surface area contributed by atoms with Gasteiger partial charge >= 0.3 is 12.6 Å². The number of rotatable bonds is 6. The first kappa shape index (κ1) is 17.0. The van der Waals surface area contributed by atoms with Crippen LogP contribution < -0.4 is 14.2 Å². The normalized spacial score (nSPS) is 12.5. The van der Waals surface area contributed by atoms with Gasteiger partial charge in [0.1, 0.15) is 12.4 Å². The lowest BCUT2D eigenvalue weighted by Gasteiger charge is -2.12. The van der Waals surface area contributed by atoms with Crippen LogP contribution in [0.2, 0.25) is 0 Å². The van der Waals surface area contributed by atoms with Crippen molar-refractivity contribution in [3.63, 3.8) is 0 Å². The van der Waals surface area contributed by atoms with Gasteiger partial charge in [-0.3, -0.25) is 0 Å². The van der Waals surface area contributed by atoms with Crippen LogP contribution in [0.3, 0.4) is 0 Å². The topological polar surface area (TPSA) is 54.0 Å². The van der Waals surface area contributed by atoms with E-state index in [1.807, 2.05) is 0 Å². The highest BCUT2D eigenvalue weighted by Gasteiger charge is 2.16. The summed E-state index contributed by atoms with van der Waals surface area (Å²) in [7, 11) is 1.34. The Morgan fingerprint density at radius 3 is 2.80 bits per heavy atom. The minimum atomic E-state index is -2.94. The first-order chi connectivity index (χ1) is 12.1. The lowest BCUT2D eigenvalue weighted by molar-refractivity contribution is -0.0512. The highest BCUT2D eigenvalue weighted by Crippen LogP contribution is 2.30. The van der Waals surface area contributed by atoms with Gasteiger partial charge in [-0.25, -0.2) is 4.79 Å². The highest BCUT2D eigenvalue weighted by atomic mass is 19.3. The zero-order valence-corrected chi connectivity index (χ0v) is 13.5. The Balaban J connectivity index is 1.65. The first-order valence-electron chi connectivity index (χ1n) is 7.61. The molecule has 0 unspecified atom stereocenters. The molecule has 0 amide bonds. The van der Waals surface area contributed by atoms with Crippen LogP contribution in [0.25, 0.3) is 0 Å². The Kier molecular flexibility index (Phi) is 5.02. The second-order valence-electron chi connectivity index (χ2n) is 5.36. The molecule has 132 valence electrons. The number of ether oxygens (including phenoxy) is 4. The van der Waals surface area contributed by atoms with Gasteiger partial charge < -0.3 is 18.9 Å². The standard InChI is InChI=1S/C18H16F2O5/c1-22-16-8-11(2-4-15(16)25-18(19)20)10-24-17(21)13-3-5-14-12(9-13)6-7-23-14/h2-5,8-9,18H,6-7,10H2,1H3. The summed E-state index contributed by atoms with van der Waals surface area (Å²) in [6, 6.07) is 9.52. The second kappa shape index (κ2) is 7.38. The van der Waals surface area contributed by atoms with E-state index in [1.165, 1.54) is 25.3 Å². The van der Waals surface area contributed by atoms with Crippen LogP contribution in [0.15, 0.2) is 36.4 Å². The zero-order valence-electron chi connectivity index (χ0n) is 13.5. The fraction of sp³-hybridized carbons (Fsp3) is 0.278. The van der Waals surface area contributed by atoms with Gasteiger partial charge in [0.15, 0.2) is 11.5 Å². The fourth-order valence-corrected chi connectivity index (χ4v) is 2.54. The quantitative estimate of drug-likeness (QED) is 0.745. The molecule has 0 fully saturated rings. The van der Waals surface area contributed by atoms with Crippen LogP contribution in [0.4, 0.5) is 8.78 Å². The Hall–Kier alpha value is -2.83. The number of hydrogen-bond donors (Lipinski definition) is 0. The summed E-state index contributed by atoms with van der Waals surface area (Å²) in [5, 5.41) is 0. The minimum absolute atomic E-state index is 0.0161. The largest absolute Gasteiger partial charge is 0.493 e. The number of hydrogen-bond acceptors (Lipinski definition) is 5. The van der Waals surface area contributed by atoms with E-state index in [0.29, 0.717) is 17.7 Å². The smallest absolute Gasteiger partial charge is 0.387 e. The van der Waals surface area contributed by atoms with E-state index in [0.717, 1.165) is 17.7 Å². The maximum atomic E-state index is 12.3. The van der Waals surface area contributed by atoms with Crippen molar-refractivity contribution in [2.45, 2.75) is 19.6 Å². The number of carbonyl (C=O) groups excluding carboxylic acids is 1. The molecule has 1 heterocycles. The van der Waals surface area contributed by atoms with Gasteiger partial charge in [-0.1, -0.05) is 6.07 Å². The maximum absolute atomic E-state index is 12.3. The third-order valence-corrected chi connectivity index (χ3v) is 3.74. The molecule has 0 bridgehead atoms. The predicted octanol–water partition coefficient (Wildman–Crippen LogP) is 3.59. The highest BCUT2D eigenvalue weighted by molar-refractivity contribution is 5.90. The summed E-state index contributed by atoms with van der Waals surface area (Å²) in [5.41, 5.74) is 2.01. The Morgan fingerprint density at radius 2 is 2.04 bits per heavy atom. The van der Waals surface area contributed by atoms with Crippen LogP contribution in [0, 0.1) is 0 Å². The Bertz CT molecular complexity index is 776. The first-order valence-corrected chi connectivity index (χ1v) is 7.61. The van der Waals surface area contributed by atoms with Crippen molar-refractivity contribution in [3.8, 4) is 17.2 Å². The van der Waals surface area contributed by atoms with Crippen molar-refractivity contribution in [1.29, 1.82) is 0 Å². The Morgan fingerprint density at radius 1 is 1.20 bits per heavy atom. The number of carbonyl (C=O) groups is 1. The molecule has 5 nitrogen and oxygen atoms in total. The summed E-state index contributed by atoms with van der Waals surface area (Å²) >= 11 is 0. The van der Waals surface area contributed by atoms with Gasteiger partial charge in [0.05, 0.1) is 19.3 Å². The zero-order chi connectivity index (χ0) is 17.8. The fourth-order valence-electron chi connectivity index (χ4n) is 2.54. The van der Waals surface area contributed by atoms with Crippen LogP contribution in [0.1, 0.15) is 21.5 Å². The van der Waals surface area contributed by atoms with Gasteiger partial charge in [-0.2, -0.15) is 8.78 Å². The van der Waals surface area contributed by atoms with Crippen molar-refractivity contribution in [2.75, 3.05) is 13.7 Å². The summed E-state index contributed by atoms with van der Waals surface area (Å²) in [5.74, 6) is 0.382. The summed E-state index contributed by atoms with van der Waals surface area (Å²) in [4.78, 5) is 12.2. The van der Waals surface area contributed by atoms with Crippen LogP contribution in [-0.2, 0) is 17.8 Å². The van der Waals surface area contributed by atoms with Crippen molar-refractivity contribution in [3.05, 3.63) is 53.1 Å². The van der Waals surface area contributed by atoms with E-state index in [-0.39, 0.29) is 18.1 Å². The molecular formula is C18H16F2O5. The summed E-state index contributed by atoms with van der Waals surface area (Å²) in [6.45, 7) is -2.35. The third-order valence-electron chi connectivity index (χ3n) is 3.74. The molecule has 0 atom stereocenters. The molecule has 2 aromatic rings. The number of esters is 1. The van der Waals surface area contributed by atoms with E-state index in [9.17, 15) is 13.6 Å². The van der Waals surface area contributed by atoms with Gasteiger partial charge in [0.2, 0.25) is 0 Å². The number of fused-ring (bicyclic) bond motifs is 1. The maximum Gasteiger partial charge on any atom is 0.387 e. The van der Waals surface area contributed by atoms with E-state index in [1.54, 1.807) is 18.2 Å². The number of benzene rings is 2. The molecule has 0 saturated heterocycles. The average molecular weight is 350 g/mol. The Labute approximate surface area is 143 Å². The monoisotopic (exact) mass is 350 g/mol. The molecule has 2 aromatic carbocycles. The van der Waals surface area contributed by atoms with Gasteiger partial charge in [-0.05, 0) is 41.5 Å². The van der Waals surface area contributed by atoms with E-state index < -0.39 is 12.6 Å². The van der Waals surface area contributed by atoms with Crippen molar-refractivity contribution in [1.82, 2.24) is 0 Å². The number of halogens is 2. The third kappa shape index (κ3) is 3.99. The molecule has 25 heavy (non-hydrogen) atoms. The SMILES string of the molecule is COc1cc(COC(=O)c2ccc3c(c2)CCO3)ccc1OC(F)F. The minimum Gasteiger partial charge on any atom is -0.493 e. The lowest BCUT2D eigenvalue weighted by atomic mass is 10.1. The predicted molar refractivity (Wildman–Crippen MR) is 84.4 cm³/mol.